The van der Waals surface area contributed by atoms with Crippen LogP contribution in [0, 0.1) is 0 Å². The molecule has 1 aliphatic heterocycles. The van der Waals surface area contributed by atoms with Crippen molar-refractivity contribution in [3.8, 4) is 0 Å². The van der Waals surface area contributed by atoms with E-state index in [1.54, 1.807) is 6.20 Å². The molecule has 17 heavy (non-hydrogen) atoms. The van der Waals surface area contributed by atoms with E-state index < -0.39 is 0 Å². The Morgan fingerprint density at radius 2 is 2.29 bits per heavy atom. The SMILES string of the molecule is CC1CN(c2ncc(Br)cc2Br)CC(CCl)O1. The van der Waals surface area contributed by atoms with Crippen molar-refractivity contribution in [3.05, 3.63) is 21.2 Å². The third-order valence-corrected chi connectivity index (χ3v) is 3.95. The zero-order chi connectivity index (χ0) is 12.4. The van der Waals surface area contributed by atoms with Crippen molar-refractivity contribution >= 4 is 49.3 Å². The van der Waals surface area contributed by atoms with E-state index in [-0.39, 0.29) is 12.2 Å². The minimum absolute atomic E-state index is 0.0674. The average Bonchev–Trinajstić information content (AvgIpc) is 2.28. The van der Waals surface area contributed by atoms with Crippen molar-refractivity contribution in [3.63, 3.8) is 0 Å². The first-order valence-electron chi connectivity index (χ1n) is 5.37. The van der Waals surface area contributed by atoms with Crippen LogP contribution in [-0.2, 0) is 4.74 Å². The van der Waals surface area contributed by atoms with Crippen LogP contribution >= 0.6 is 43.5 Å². The van der Waals surface area contributed by atoms with Gasteiger partial charge in [0, 0.05) is 23.8 Å². The van der Waals surface area contributed by atoms with Crippen LogP contribution in [0.15, 0.2) is 21.2 Å². The molecule has 2 unspecified atom stereocenters. The Balaban J connectivity index is 2.20. The van der Waals surface area contributed by atoms with E-state index >= 15 is 0 Å². The zero-order valence-electron chi connectivity index (χ0n) is 9.37. The normalized spacial score (nSPS) is 25.1. The van der Waals surface area contributed by atoms with Gasteiger partial charge in [0.1, 0.15) is 5.82 Å². The highest BCUT2D eigenvalue weighted by molar-refractivity contribution is 9.11. The topological polar surface area (TPSA) is 25.4 Å². The van der Waals surface area contributed by atoms with Gasteiger partial charge in [0.05, 0.1) is 22.6 Å². The Bertz CT molecular complexity index is 405. The number of nitrogens with zero attached hydrogens (tertiary/aromatic N) is 2. The summed E-state index contributed by atoms with van der Waals surface area (Å²) < 4.78 is 7.67. The molecule has 0 bridgehead atoms. The van der Waals surface area contributed by atoms with Gasteiger partial charge in [0.25, 0.3) is 0 Å². The Kier molecular flexibility index (Phi) is 4.69. The monoisotopic (exact) mass is 382 g/mol. The lowest BCUT2D eigenvalue weighted by molar-refractivity contribution is -0.00361. The van der Waals surface area contributed by atoms with Gasteiger partial charge in [-0.3, -0.25) is 0 Å². The molecular formula is C11H13Br2ClN2O. The molecule has 6 heteroatoms. The summed E-state index contributed by atoms with van der Waals surface area (Å²) in [7, 11) is 0. The number of hydrogen-bond acceptors (Lipinski definition) is 3. The molecule has 0 saturated carbocycles. The van der Waals surface area contributed by atoms with E-state index in [1.807, 2.05) is 6.07 Å². The van der Waals surface area contributed by atoms with Gasteiger partial charge in [-0.15, -0.1) is 11.6 Å². The first-order chi connectivity index (χ1) is 8.10. The van der Waals surface area contributed by atoms with E-state index in [0.29, 0.717) is 5.88 Å². The van der Waals surface area contributed by atoms with Crippen LogP contribution in [0.2, 0.25) is 0 Å². The summed E-state index contributed by atoms with van der Waals surface area (Å²) in [6.07, 6.45) is 2.04. The molecule has 2 heterocycles. The van der Waals surface area contributed by atoms with Crippen molar-refractivity contribution in [2.24, 2.45) is 0 Å². The number of hydrogen-bond donors (Lipinski definition) is 0. The predicted molar refractivity (Wildman–Crippen MR) is 76.9 cm³/mol. The second kappa shape index (κ2) is 5.87. The molecule has 94 valence electrons. The van der Waals surface area contributed by atoms with Crippen molar-refractivity contribution in [2.45, 2.75) is 19.1 Å². The summed E-state index contributed by atoms with van der Waals surface area (Å²) in [5.41, 5.74) is 0. The van der Waals surface area contributed by atoms with E-state index in [2.05, 4.69) is 48.7 Å². The van der Waals surface area contributed by atoms with Crippen LogP contribution in [0.25, 0.3) is 0 Å². The largest absolute Gasteiger partial charge is 0.370 e. The average molecular weight is 384 g/mol. The first kappa shape index (κ1) is 13.6. The maximum absolute atomic E-state index is 5.87. The number of pyridine rings is 1. The lowest BCUT2D eigenvalue weighted by Crippen LogP contribution is -2.47. The minimum Gasteiger partial charge on any atom is -0.370 e. The summed E-state index contributed by atoms with van der Waals surface area (Å²) in [4.78, 5) is 6.64. The van der Waals surface area contributed by atoms with E-state index in [0.717, 1.165) is 27.9 Å². The van der Waals surface area contributed by atoms with Crippen LogP contribution in [-0.4, -0.2) is 36.2 Å². The summed E-state index contributed by atoms with van der Waals surface area (Å²) >= 11 is 12.8. The molecular weight excluding hydrogens is 371 g/mol. The Hall–Kier alpha value is 0.160. The molecule has 3 nitrogen and oxygen atoms in total. The van der Waals surface area contributed by atoms with E-state index in [4.69, 9.17) is 16.3 Å². The second-order valence-electron chi connectivity index (χ2n) is 4.09. The summed E-state index contributed by atoms with van der Waals surface area (Å²) in [6, 6.07) is 2.00. The van der Waals surface area contributed by atoms with Gasteiger partial charge in [-0.1, -0.05) is 0 Å². The van der Waals surface area contributed by atoms with Crippen LogP contribution < -0.4 is 4.90 Å². The molecule has 1 aromatic rings. The van der Waals surface area contributed by atoms with Gasteiger partial charge in [-0.2, -0.15) is 0 Å². The number of morpholine rings is 1. The number of aromatic nitrogens is 1. The molecule has 1 aliphatic rings. The molecule has 0 N–H and O–H groups in total. The maximum atomic E-state index is 5.87. The fourth-order valence-electron chi connectivity index (χ4n) is 1.94. The van der Waals surface area contributed by atoms with Crippen LogP contribution in [0.3, 0.4) is 0 Å². The molecule has 0 aliphatic carbocycles. The molecule has 0 aromatic carbocycles. The van der Waals surface area contributed by atoms with Gasteiger partial charge in [-0.25, -0.2) is 4.98 Å². The number of rotatable bonds is 2. The van der Waals surface area contributed by atoms with Gasteiger partial charge in [-0.05, 0) is 44.8 Å². The highest BCUT2D eigenvalue weighted by Gasteiger charge is 2.26. The molecule has 1 saturated heterocycles. The summed E-state index contributed by atoms with van der Waals surface area (Å²) in [5, 5.41) is 0. The van der Waals surface area contributed by atoms with Gasteiger partial charge >= 0.3 is 0 Å². The summed E-state index contributed by atoms with van der Waals surface area (Å²) in [6.45, 7) is 3.67. The summed E-state index contributed by atoms with van der Waals surface area (Å²) in [5.74, 6) is 1.45. The van der Waals surface area contributed by atoms with Crippen molar-refractivity contribution < 1.29 is 4.74 Å². The standard InChI is InChI=1S/C11H13Br2ClN2O/c1-7-5-16(6-9(3-14)17-7)11-10(13)2-8(12)4-15-11/h2,4,7,9H,3,5-6H2,1H3. The number of ether oxygens (including phenoxy) is 1. The van der Waals surface area contributed by atoms with Crippen LogP contribution in [0.1, 0.15) is 6.92 Å². The highest BCUT2D eigenvalue weighted by atomic mass is 79.9. The number of alkyl halides is 1. The minimum atomic E-state index is 0.0674. The third-order valence-electron chi connectivity index (χ3n) is 2.59. The molecule has 2 atom stereocenters. The lowest BCUT2D eigenvalue weighted by Gasteiger charge is -2.37. The van der Waals surface area contributed by atoms with Crippen LogP contribution in [0.5, 0.6) is 0 Å². The molecule has 0 spiro atoms. The van der Waals surface area contributed by atoms with Crippen molar-refractivity contribution in [2.75, 3.05) is 23.9 Å². The first-order valence-corrected chi connectivity index (χ1v) is 7.49. The fraction of sp³-hybridized carbons (Fsp3) is 0.545. The van der Waals surface area contributed by atoms with Gasteiger partial charge in [0.15, 0.2) is 0 Å². The molecule has 1 fully saturated rings. The molecule has 1 aromatic heterocycles. The van der Waals surface area contributed by atoms with Crippen LogP contribution in [0.4, 0.5) is 5.82 Å². The predicted octanol–water partition coefficient (Wildman–Crippen LogP) is 3.44. The lowest BCUT2D eigenvalue weighted by atomic mass is 10.2. The Labute approximate surface area is 123 Å². The van der Waals surface area contributed by atoms with E-state index in [1.165, 1.54) is 0 Å². The Morgan fingerprint density at radius 3 is 2.94 bits per heavy atom. The highest BCUT2D eigenvalue weighted by Crippen LogP contribution is 2.28. The Morgan fingerprint density at radius 1 is 1.53 bits per heavy atom. The zero-order valence-corrected chi connectivity index (χ0v) is 13.3. The number of halogens is 3. The molecule has 0 radical (unpaired) electrons. The van der Waals surface area contributed by atoms with Crippen molar-refractivity contribution in [1.82, 2.24) is 4.98 Å². The van der Waals surface area contributed by atoms with E-state index in [9.17, 15) is 0 Å². The molecule has 2 rings (SSSR count). The van der Waals surface area contributed by atoms with Gasteiger partial charge in [0.2, 0.25) is 0 Å². The smallest absolute Gasteiger partial charge is 0.143 e. The van der Waals surface area contributed by atoms with Crippen molar-refractivity contribution in [1.29, 1.82) is 0 Å². The van der Waals surface area contributed by atoms with Gasteiger partial charge < -0.3 is 9.64 Å². The quantitative estimate of drug-likeness (QED) is 0.731. The second-order valence-corrected chi connectivity index (χ2v) is 6.17. The third kappa shape index (κ3) is 3.34. The maximum Gasteiger partial charge on any atom is 0.143 e. The molecule has 0 amide bonds. The fourth-order valence-corrected chi connectivity index (χ4v) is 3.35. The number of anilines is 1.